The zero-order valence-corrected chi connectivity index (χ0v) is 18.5. The van der Waals surface area contributed by atoms with Crippen molar-refractivity contribution in [1.29, 1.82) is 0 Å². The predicted octanol–water partition coefficient (Wildman–Crippen LogP) is 4.74. The molecule has 0 spiro atoms. The van der Waals surface area contributed by atoms with Crippen LogP contribution in [0.15, 0.2) is 47.4 Å². The molecule has 1 amide bonds. The van der Waals surface area contributed by atoms with Crippen LogP contribution in [0.3, 0.4) is 0 Å². The molecule has 2 aromatic carbocycles. The second-order valence-electron chi connectivity index (χ2n) is 7.24. The molecule has 0 atom stereocenters. The summed E-state index contributed by atoms with van der Waals surface area (Å²) < 4.78 is 28.3. The van der Waals surface area contributed by atoms with Crippen LogP contribution in [0.2, 0.25) is 5.02 Å². The number of hydrogen-bond acceptors (Lipinski definition) is 3. The molecule has 0 radical (unpaired) electrons. The molecule has 0 unspecified atom stereocenters. The number of hydrogen-bond donors (Lipinski definition) is 0. The zero-order chi connectivity index (χ0) is 21.0. The van der Waals surface area contributed by atoms with Gasteiger partial charge < -0.3 is 4.90 Å². The number of fused-ring (bicyclic) bond motifs is 1. The third-order valence-electron chi connectivity index (χ3n) is 5.10. The summed E-state index contributed by atoms with van der Waals surface area (Å²) in [5.41, 5.74) is 1.96. The monoisotopic (exact) mass is 434 g/mol. The lowest BCUT2D eigenvalue weighted by atomic mass is 10.0. The van der Waals surface area contributed by atoms with Gasteiger partial charge in [0.15, 0.2) is 0 Å². The van der Waals surface area contributed by atoms with Crippen LogP contribution in [0.5, 0.6) is 0 Å². The van der Waals surface area contributed by atoms with Crippen LogP contribution in [0.25, 0.3) is 0 Å². The first kappa shape index (κ1) is 21.7. The van der Waals surface area contributed by atoms with Gasteiger partial charge in [-0.2, -0.15) is 0 Å². The van der Waals surface area contributed by atoms with Gasteiger partial charge in [0.25, 0.3) is 15.9 Å². The van der Waals surface area contributed by atoms with Gasteiger partial charge >= 0.3 is 0 Å². The first-order chi connectivity index (χ1) is 13.9. The molecular formula is C22H27ClN2O3S. The minimum absolute atomic E-state index is 0.0925. The number of aryl methyl sites for hydroxylation is 1. The van der Waals surface area contributed by atoms with Crippen LogP contribution >= 0.6 is 11.6 Å². The van der Waals surface area contributed by atoms with Crippen molar-refractivity contribution in [2.24, 2.45) is 0 Å². The zero-order valence-electron chi connectivity index (χ0n) is 16.9. The first-order valence-corrected chi connectivity index (χ1v) is 11.9. The summed E-state index contributed by atoms with van der Waals surface area (Å²) in [5, 5.41) is 0.269. The van der Waals surface area contributed by atoms with Crippen LogP contribution in [0, 0.1) is 0 Å². The number of halogens is 1. The van der Waals surface area contributed by atoms with Gasteiger partial charge in [-0.1, -0.05) is 43.6 Å². The second kappa shape index (κ2) is 9.18. The summed E-state index contributed by atoms with van der Waals surface area (Å²) in [6.07, 6.45) is 3.27. The van der Waals surface area contributed by atoms with Gasteiger partial charge in [0, 0.05) is 19.6 Å². The minimum Gasteiger partial charge on any atom is -0.339 e. The molecule has 0 saturated heterocycles. The number of amides is 1. The summed E-state index contributed by atoms with van der Waals surface area (Å²) in [4.78, 5) is 14.9. The Kier molecular flexibility index (Phi) is 6.85. The number of carbonyl (C=O) groups excluding carboxylic acids is 1. The van der Waals surface area contributed by atoms with E-state index < -0.39 is 10.0 Å². The van der Waals surface area contributed by atoms with Crippen LogP contribution in [0.1, 0.15) is 49.0 Å². The molecule has 0 bridgehead atoms. The van der Waals surface area contributed by atoms with Crippen molar-refractivity contribution in [2.75, 3.05) is 23.9 Å². The molecule has 1 aliphatic heterocycles. The van der Waals surface area contributed by atoms with E-state index in [0.29, 0.717) is 25.3 Å². The topological polar surface area (TPSA) is 57.7 Å². The molecule has 7 heteroatoms. The average Bonchev–Trinajstić information content (AvgIpc) is 2.73. The van der Waals surface area contributed by atoms with E-state index in [4.69, 9.17) is 11.6 Å². The van der Waals surface area contributed by atoms with E-state index in [1.807, 2.05) is 38.1 Å². The number of sulfonamides is 1. The highest BCUT2D eigenvalue weighted by molar-refractivity contribution is 7.92. The Hall–Kier alpha value is -2.05. The number of rotatable bonds is 7. The smallest absolute Gasteiger partial charge is 0.264 e. The summed E-state index contributed by atoms with van der Waals surface area (Å²) in [7, 11) is -3.79. The molecule has 0 saturated carbocycles. The number of carbonyl (C=O) groups is 1. The lowest BCUT2D eigenvalue weighted by Gasteiger charge is -2.30. The molecule has 0 aliphatic carbocycles. The molecule has 5 nitrogen and oxygen atoms in total. The highest BCUT2D eigenvalue weighted by Crippen LogP contribution is 2.33. The van der Waals surface area contributed by atoms with Gasteiger partial charge in [-0.15, -0.1) is 0 Å². The average molecular weight is 435 g/mol. The molecule has 0 N–H and O–H groups in total. The van der Waals surface area contributed by atoms with Crippen LogP contribution in [0.4, 0.5) is 5.69 Å². The Bertz CT molecular complexity index is 985. The molecule has 1 aliphatic rings. The fraction of sp³-hybridized carbons (Fsp3) is 0.409. The fourth-order valence-electron chi connectivity index (χ4n) is 3.73. The van der Waals surface area contributed by atoms with Crippen molar-refractivity contribution in [2.45, 2.75) is 44.4 Å². The Morgan fingerprint density at radius 2 is 1.79 bits per heavy atom. The maximum atomic E-state index is 13.4. The molecule has 0 fully saturated rings. The molecule has 0 aromatic heterocycles. The van der Waals surface area contributed by atoms with Crippen molar-refractivity contribution in [1.82, 2.24) is 4.90 Å². The normalized spacial score (nSPS) is 13.8. The summed E-state index contributed by atoms with van der Waals surface area (Å²) in [6, 6.07) is 12.0. The van der Waals surface area contributed by atoms with E-state index in [9.17, 15) is 13.2 Å². The molecule has 29 heavy (non-hydrogen) atoms. The van der Waals surface area contributed by atoms with Crippen molar-refractivity contribution in [3.05, 3.63) is 58.6 Å². The number of nitrogens with zero attached hydrogens (tertiary/aromatic N) is 2. The largest absolute Gasteiger partial charge is 0.339 e. The number of anilines is 1. The van der Waals surface area contributed by atoms with Crippen LogP contribution < -0.4 is 4.31 Å². The molecule has 3 rings (SSSR count). The molecule has 2 aromatic rings. The van der Waals surface area contributed by atoms with E-state index in [-0.39, 0.29) is 21.4 Å². The van der Waals surface area contributed by atoms with Gasteiger partial charge in [0.05, 0.1) is 21.2 Å². The Morgan fingerprint density at radius 1 is 1.10 bits per heavy atom. The summed E-state index contributed by atoms with van der Waals surface area (Å²) >= 11 is 6.30. The SMILES string of the molecule is CCCN(CCC)C(=O)c1cc(S(=O)(=O)N2CCCc3ccccc32)ccc1Cl. The van der Waals surface area contributed by atoms with Crippen LogP contribution in [-0.4, -0.2) is 38.9 Å². The van der Waals surface area contributed by atoms with Crippen molar-refractivity contribution >= 4 is 33.2 Å². The standard InChI is InChI=1S/C22H27ClN2O3S/c1-3-13-24(14-4-2)22(26)19-16-18(11-12-20(19)23)29(27,28)25-15-7-9-17-8-5-6-10-21(17)25/h5-6,8,10-12,16H,3-4,7,9,13-15H2,1-2H3. The maximum absolute atomic E-state index is 13.4. The lowest BCUT2D eigenvalue weighted by molar-refractivity contribution is 0.0755. The quantitative estimate of drug-likeness (QED) is 0.632. The first-order valence-electron chi connectivity index (χ1n) is 10.1. The third kappa shape index (κ3) is 4.43. The van der Waals surface area contributed by atoms with Gasteiger partial charge in [0.1, 0.15) is 0 Å². The van der Waals surface area contributed by atoms with Gasteiger partial charge in [-0.25, -0.2) is 8.42 Å². The van der Waals surface area contributed by atoms with E-state index in [1.54, 1.807) is 4.90 Å². The summed E-state index contributed by atoms with van der Waals surface area (Å²) in [5.74, 6) is -0.227. The van der Waals surface area contributed by atoms with Crippen LogP contribution in [-0.2, 0) is 16.4 Å². The Balaban J connectivity index is 2.00. The molecule has 1 heterocycles. The second-order valence-corrected chi connectivity index (χ2v) is 9.51. The highest BCUT2D eigenvalue weighted by atomic mass is 35.5. The maximum Gasteiger partial charge on any atom is 0.264 e. The van der Waals surface area contributed by atoms with Gasteiger partial charge in [-0.3, -0.25) is 9.10 Å². The Morgan fingerprint density at radius 3 is 2.48 bits per heavy atom. The Labute approximate surface area is 178 Å². The predicted molar refractivity (Wildman–Crippen MR) is 117 cm³/mol. The van der Waals surface area contributed by atoms with Crippen molar-refractivity contribution in [3.63, 3.8) is 0 Å². The molecular weight excluding hydrogens is 408 g/mol. The fourth-order valence-corrected chi connectivity index (χ4v) is 5.50. The molecule has 156 valence electrons. The van der Waals surface area contributed by atoms with Crippen molar-refractivity contribution < 1.29 is 13.2 Å². The summed E-state index contributed by atoms with van der Waals surface area (Å²) in [6.45, 7) is 5.65. The third-order valence-corrected chi connectivity index (χ3v) is 7.24. The van der Waals surface area contributed by atoms with E-state index in [2.05, 4.69) is 0 Å². The minimum atomic E-state index is -3.79. The van der Waals surface area contributed by atoms with Gasteiger partial charge in [0.2, 0.25) is 0 Å². The lowest BCUT2D eigenvalue weighted by Crippen LogP contribution is -2.36. The number of benzene rings is 2. The van der Waals surface area contributed by atoms with Gasteiger partial charge in [-0.05, 0) is 55.5 Å². The van der Waals surface area contributed by atoms with E-state index >= 15 is 0 Å². The van der Waals surface area contributed by atoms with Crippen molar-refractivity contribution in [3.8, 4) is 0 Å². The van der Waals surface area contributed by atoms with E-state index in [1.165, 1.54) is 22.5 Å². The van der Waals surface area contributed by atoms with E-state index in [0.717, 1.165) is 31.2 Å². The highest BCUT2D eigenvalue weighted by Gasteiger charge is 2.30. The number of para-hydroxylation sites is 1.